The molecule has 0 amide bonds. The van der Waals surface area contributed by atoms with Crippen LogP contribution in [-0.2, 0) is 0 Å². The molecule has 0 atom stereocenters. The van der Waals surface area contributed by atoms with Gasteiger partial charge in [0.1, 0.15) is 5.75 Å². The van der Waals surface area contributed by atoms with Crippen LogP contribution < -0.4 is 0 Å². The number of hydrogen-bond acceptors (Lipinski definition) is 2. The highest BCUT2D eigenvalue weighted by atomic mass is 127. The second-order valence-corrected chi connectivity index (χ2v) is 4.65. The highest BCUT2D eigenvalue weighted by Gasteiger charge is 2.06. The zero-order valence-corrected chi connectivity index (χ0v) is 9.44. The first-order valence-corrected chi connectivity index (χ1v) is 5.51. The molecule has 3 heteroatoms. The SMILES string of the molecule is Cc1ccc2c(O)csc2c1I. The first-order chi connectivity index (χ1) is 5.70. The lowest BCUT2D eigenvalue weighted by Crippen LogP contribution is -1.77. The van der Waals surface area contributed by atoms with Crippen molar-refractivity contribution < 1.29 is 5.11 Å². The number of halogens is 1. The number of aryl methyl sites for hydroxylation is 1. The van der Waals surface area contributed by atoms with E-state index in [0.717, 1.165) is 5.39 Å². The third-order valence-corrected chi connectivity index (χ3v) is 4.61. The Kier molecular flexibility index (Phi) is 2.00. The van der Waals surface area contributed by atoms with Crippen molar-refractivity contribution in [3.63, 3.8) is 0 Å². The monoisotopic (exact) mass is 290 g/mol. The number of thiophene rings is 1. The number of fused-ring (bicyclic) bond motifs is 1. The van der Waals surface area contributed by atoms with Crippen molar-refractivity contribution in [1.29, 1.82) is 0 Å². The average molecular weight is 290 g/mol. The molecule has 0 aliphatic carbocycles. The van der Waals surface area contributed by atoms with Crippen LogP contribution in [0, 0.1) is 10.5 Å². The molecule has 0 bridgehead atoms. The maximum Gasteiger partial charge on any atom is 0.134 e. The van der Waals surface area contributed by atoms with Crippen LogP contribution in [0.15, 0.2) is 17.5 Å². The maximum absolute atomic E-state index is 9.43. The van der Waals surface area contributed by atoms with Gasteiger partial charge in [0, 0.05) is 14.3 Å². The Labute approximate surface area is 88.2 Å². The summed E-state index contributed by atoms with van der Waals surface area (Å²) < 4.78 is 2.43. The molecule has 2 rings (SSSR count). The molecule has 0 unspecified atom stereocenters. The minimum atomic E-state index is 0.396. The second-order valence-electron chi connectivity index (χ2n) is 2.69. The molecule has 1 nitrogen and oxygen atoms in total. The lowest BCUT2D eigenvalue weighted by atomic mass is 10.2. The van der Waals surface area contributed by atoms with Gasteiger partial charge in [0.25, 0.3) is 0 Å². The van der Waals surface area contributed by atoms with E-state index in [0.29, 0.717) is 5.75 Å². The molecule has 0 saturated heterocycles. The van der Waals surface area contributed by atoms with Gasteiger partial charge in [-0.3, -0.25) is 0 Å². The minimum Gasteiger partial charge on any atom is -0.506 e. The highest BCUT2D eigenvalue weighted by Crippen LogP contribution is 2.35. The van der Waals surface area contributed by atoms with Gasteiger partial charge < -0.3 is 5.11 Å². The Morgan fingerprint density at radius 1 is 1.42 bits per heavy atom. The van der Waals surface area contributed by atoms with E-state index in [4.69, 9.17) is 0 Å². The van der Waals surface area contributed by atoms with Gasteiger partial charge in [0.15, 0.2) is 0 Å². The van der Waals surface area contributed by atoms with Gasteiger partial charge in [-0.1, -0.05) is 6.07 Å². The fourth-order valence-electron chi connectivity index (χ4n) is 1.15. The van der Waals surface area contributed by atoms with Gasteiger partial charge in [0.05, 0.1) is 4.70 Å². The van der Waals surface area contributed by atoms with Crippen LogP contribution in [0.4, 0.5) is 0 Å². The van der Waals surface area contributed by atoms with Crippen LogP contribution >= 0.6 is 33.9 Å². The fraction of sp³-hybridized carbons (Fsp3) is 0.111. The predicted molar refractivity (Wildman–Crippen MR) is 60.9 cm³/mol. The van der Waals surface area contributed by atoms with Crippen LogP contribution in [0.2, 0.25) is 0 Å². The average Bonchev–Trinajstić information content (AvgIpc) is 2.41. The molecule has 1 heterocycles. The number of rotatable bonds is 0. The van der Waals surface area contributed by atoms with Gasteiger partial charge in [-0.25, -0.2) is 0 Å². The summed E-state index contributed by atoms with van der Waals surface area (Å²) in [6.07, 6.45) is 0. The number of aromatic hydroxyl groups is 1. The summed E-state index contributed by atoms with van der Waals surface area (Å²) >= 11 is 3.91. The molecule has 1 N–H and O–H groups in total. The van der Waals surface area contributed by atoms with E-state index in [2.05, 4.69) is 29.5 Å². The first kappa shape index (κ1) is 8.31. The predicted octanol–water partition coefficient (Wildman–Crippen LogP) is 3.52. The van der Waals surface area contributed by atoms with Crippen LogP contribution in [-0.4, -0.2) is 5.11 Å². The van der Waals surface area contributed by atoms with Crippen LogP contribution in [0.1, 0.15) is 5.56 Å². The van der Waals surface area contributed by atoms with Crippen molar-refractivity contribution in [2.75, 3.05) is 0 Å². The Bertz CT molecular complexity index is 433. The highest BCUT2D eigenvalue weighted by molar-refractivity contribution is 14.1. The smallest absolute Gasteiger partial charge is 0.134 e. The number of hydrogen-bond donors (Lipinski definition) is 1. The Morgan fingerprint density at radius 3 is 2.92 bits per heavy atom. The normalized spacial score (nSPS) is 10.8. The van der Waals surface area contributed by atoms with Gasteiger partial charge in [-0.15, -0.1) is 11.3 Å². The van der Waals surface area contributed by atoms with E-state index >= 15 is 0 Å². The quantitative estimate of drug-likeness (QED) is 0.736. The lowest BCUT2D eigenvalue weighted by molar-refractivity contribution is 0.483. The molecule has 0 aliphatic rings. The molecule has 2 aromatic rings. The third-order valence-electron chi connectivity index (χ3n) is 1.85. The second kappa shape index (κ2) is 2.88. The Hall–Kier alpha value is -0.290. The summed E-state index contributed by atoms with van der Waals surface area (Å²) in [5, 5.41) is 12.2. The topological polar surface area (TPSA) is 20.2 Å². The van der Waals surface area contributed by atoms with Gasteiger partial charge in [0.2, 0.25) is 0 Å². The summed E-state index contributed by atoms with van der Waals surface area (Å²) in [5.41, 5.74) is 1.27. The van der Waals surface area contributed by atoms with E-state index < -0.39 is 0 Å². The van der Waals surface area contributed by atoms with Crippen molar-refractivity contribution in [1.82, 2.24) is 0 Å². The largest absolute Gasteiger partial charge is 0.506 e. The molecule has 0 aliphatic heterocycles. The molecule has 62 valence electrons. The molecule has 0 radical (unpaired) electrons. The summed E-state index contributed by atoms with van der Waals surface area (Å²) in [5.74, 6) is 0.396. The van der Waals surface area contributed by atoms with E-state index in [1.807, 2.05) is 12.1 Å². The lowest BCUT2D eigenvalue weighted by Gasteiger charge is -1.98. The summed E-state index contributed by atoms with van der Waals surface area (Å²) in [7, 11) is 0. The molecule has 1 aromatic heterocycles. The van der Waals surface area contributed by atoms with Gasteiger partial charge in [-0.2, -0.15) is 0 Å². The Morgan fingerprint density at radius 2 is 2.17 bits per heavy atom. The van der Waals surface area contributed by atoms with Crippen molar-refractivity contribution >= 4 is 44.0 Å². The minimum absolute atomic E-state index is 0.396. The molecular weight excluding hydrogens is 283 g/mol. The fourth-order valence-corrected chi connectivity index (χ4v) is 2.92. The summed E-state index contributed by atoms with van der Waals surface area (Å²) in [6.45, 7) is 2.08. The first-order valence-electron chi connectivity index (χ1n) is 3.55. The Balaban J connectivity index is 2.93. The van der Waals surface area contributed by atoms with Crippen molar-refractivity contribution in [3.05, 3.63) is 26.6 Å². The standard InChI is InChI=1S/C9H7IOS/c1-5-2-3-6-7(11)4-12-9(6)8(5)10/h2-4,11H,1H3. The molecule has 1 aromatic carbocycles. The van der Waals surface area contributed by atoms with Crippen molar-refractivity contribution in [2.45, 2.75) is 6.92 Å². The van der Waals surface area contributed by atoms with Crippen molar-refractivity contribution in [3.8, 4) is 5.75 Å². The molecular formula is C9H7IOS. The summed E-state index contributed by atoms with van der Waals surface area (Å²) in [4.78, 5) is 0. The third kappa shape index (κ3) is 1.11. The zero-order valence-electron chi connectivity index (χ0n) is 6.47. The van der Waals surface area contributed by atoms with Crippen LogP contribution in [0.25, 0.3) is 10.1 Å². The molecule has 12 heavy (non-hydrogen) atoms. The molecule has 0 saturated carbocycles. The molecule has 0 spiro atoms. The maximum atomic E-state index is 9.43. The van der Waals surface area contributed by atoms with E-state index in [9.17, 15) is 5.11 Å². The van der Waals surface area contributed by atoms with E-state index in [1.165, 1.54) is 13.8 Å². The van der Waals surface area contributed by atoms with Crippen molar-refractivity contribution in [2.24, 2.45) is 0 Å². The van der Waals surface area contributed by atoms with Gasteiger partial charge >= 0.3 is 0 Å². The molecule has 0 fully saturated rings. The van der Waals surface area contributed by atoms with Gasteiger partial charge in [-0.05, 0) is 41.1 Å². The van der Waals surface area contributed by atoms with Crippen LogP contribution in [0.5, 0.6) is 5.75 Å². The van der Waals surface area contributed by atoms with E-state index in [-0.39, 0.29) is 0 Å². The summed E-state index contributed by atoms with van der Waals surface area (Å²) in [6, 6.07) is 4.01. The number of benzene rings is 1. The van der Waals surface area contributed by atoms with E-state index in [1.54, 1.807) is 16.7 Å². The van der Waals surface area contributed by atoms with Crippen LogP contribution in [0.3, 0.4) is 0 Å². The zero-order chi connectivity index (χ0) is 8.72.